The first-order valence-corrected chi connectivity index (χ1v) is 3.04. The van der Waals surface area contributed by atoms with Crippen LogP contribution in [0.3, 0.4) is 0 Å². The third-order valence-corrected chi connectivity index (χ3v) is 1.88. The van der Waals surface area contributed by atoms with Crippen LogP contribution in [-0.2, 0) is 9.59 Å². The van der Waals surface area contributed by atoms with Crippen molar-refractivity contribution in [3.63, 3.8) is 0 Å². The quantitative estimate of drug-likeness (QED) is 0.427. The number of rotatable bonds is 2. The fourth-order valence-electron chi connectivity index (χ4n) is 1.06. The molecule has 1 aliphatic carbocycles. The fraction of sp³-hybridized carbons (Fsp3) is 0.667. The molecule has 0 heterocycles. The molecule has 1 fully saturated rings. The summed E-state index contributed by atoms with van der Waals surface area (Å²) in [4.78, 5) is 20.2. The largest absolute Gasteiger partial charge is 0.550 e. The fourth-order valence-corrected chi connectivity index (χ4v) is 1.06. The maximum atomic E-state index is 10.1. The first-order valence-electron chi connectivity index (χ1n) is 3.04. The van der Waals surface area contributed by atoms with Crippen LogP contribution in [0, 0.1) is 11.8 Å². The molecule has 0 N–H and O–H groups in total. The highest BCUT2D eigenvalue weighted by molar-refractivity contribution is 5.79. The lowest BCUT2D eigenvalue weighted by atomic mass is 9.74. The van der Waals surface area contributed by atoms with E-state index in [0.717, 1.165) is 0 Å². The molecule has 1 saturated carbocycles. The van der Waals surface area contributed by atoms with Crippen molar-refractivity contribution in [1.29, 1.82) is 0 Å². The zero-order chi connectivity index (χ0) is 7.72. The van der Waals surface area contributed by atoms with E-state index in [4.69, 9.17) is 0 Å². The molecule has 56 valence electrons. The highest BCUT2D eigenvalue weighted by atomic mass is 16.4. The van der Waals surface area contributed by atoms with Crippen molar-refractivity contribution in [2.24, 2.45) is 11.8 Å². The number of carbonyl (C=O) groups excluding carboxylic acids is 2. The van der Waals surface area contributed by atoms with Crippen LogP contribution < -0.4 is 10.2 Å². The highest BCUT2D eigenvalue weighted by Crippen LogP contribution is 2.32. The minimum atomic E-state index is -1.28. The van der Waals surface area contributed by atoms with Crippen LogP contribution in [-0.4, -0.2) is 11.9 Å². The second-order valence-corrected chi connectivity index (χ2v) is 2.43. The van der Waals surface area contributed by atoms with E-state index in [9.17, 15) is 19.8 Å². The van der Waals surface area contributed by atoms with Gasteiger partial charge in [-0.25, -0.2) is 0 Å². The minimum Gasteiger partial charge on any atom is -0.550 e. The molecule has 2 atom stereocenters. The molecule has 0 spiro atoms. The Labute approximate surface area is 57.5 Å². The molecule has 1 aliphatic rings. The molecule has 0 unspecified atom stereocenters. The zero-order valence-electron chi connectivity index (χ0n) is 5.20. The molecule has 0 radical (unpaired) electrons. The Balaban J connectivity index is 2.51. The summed E-state index contributed by atoms with van der Waals surface area (Å²) < 4.78 is 0. The highest BCUT2D eigenvalue weighted by Gasteiger charge is 2.32. The molecule has 0 aromatic rings. The van der Waals surface area contributed by atoms with Crippen LogP contribution in [0.2, 0.25) is 0 Å². The summed E-state index contributed by atoms with van der Waals surface area (Å²) >= 11 is 0. The van der Waals surface area contributed by atoms with Crippen LogP contribution in [0.25, 0.3) is 0 Å². The van der Waals surface area contributed by atoms with E-state index < -0.39 is 23.8 Å². The van der Waals surface area contributed by atoms with E-state index in [-0.39, 0.29) is 0 Å². The predicted molar refractivity (Wildman–Crippen MR) is 26.2 cm³/mol. The van der Waals surface area contributed by atoms with Gasteiger partial charge in [-0.05, 0) is 12.8 Å². The first-order chi connectivity index (χ1) is 4.63. The van der Waals surface area contributed by atoms with Gasteiger partial charge in [0.25, 0.3) is 0 Å². The van der Waals surface area contributed by atoms with Crippen molar-refractivity contribution in [3.05, 3.63) is 0 Å². The van der Waals surface area contributed by atoms with Gasteiger partial charge in [0.1, 0.15) is 0 Å². The van der Waals surface area contributed by atoms with Crippen LogP contribution in [0.4, 0.5) is 0 Å². The van der Waals surface area contributed by atoms with Crippen molar-refractivity contribution in [1.82, 2.24) is 0 Å². The molecule has 0 bridgehead atoms. The van der Waals surface area contributed by atoms with Gasteiger partial charge in [-0.2, -0.15) is 0 Å². The van der Waals surface area contributed by atoms with Gasteiger partial charge in [0.2, 0.25) is 0 Å². The summed E-state index contributed by atoms with van der Waals surface area (Å²) in [7, 11) is 0. The summed E-state index contributed by atoms with van der Waals surface area (Å²) in [6.45, 7) is 0. The Morgan fingerprint density at radius 3 is 1.40 bits per heavy atom. The monoisotopic (exact) mass is 142 g/mol. The van der Waals surface area contributed by atoms with Crippen molar-refractivity contribution in [2.75, 3.05) is 0 Å². The van der Waals surface area contributed by atoms with E-state index in [1.807, 2.05) is 0 Å². The van der Waals surface area contributed by atoms with E-state index in [2.05, 4.69) is 0 Å². The molecule has 0 aliphatic heterocycles. The summed E-state index contributed by atoms with van der Waals surface area (Å²) in [5.74, 6) is -4.18. The van der Waals surface area contributed by atoms with Gasteiger partial charge in [0, 0.05) is 23.8 Å². The van der Waals surface area contributed by atoms with Crippen molar-refractivity contribution >= 4 is 11.9 Å². The van der Waals surface area contributed by atoms with Crippen LogP contribution in [0.5, 0.6) is 0 Å². The summed E-state index contributed by atoms with van der Waals surface area (Å²) in [6.07, 6.45) is 0.808. The Morgan fingerprint density at radius 1 is 1.00 bits per heavy atom. The summed E-state index contributed by atoms with van der Waals surface area (Å²) in [5, 5.41) is 20.2. The first kappa shape index (κ1) is 7.05. The number of aliphatic carboxylic acids is 2. The molecule has 0 aromatic carbocycles. The predicted octanol–water partition coefficient (Wildman–Crippen LogP) is -2.49. The maximum Gasteiger partial charge on any atom is 0.0451 e. The normalized spacial score (nSPS) is 30.8. The molecule has 0 amide bonds. The van der Waals surface area contributed by atoms with Crippen LogP contribution >= 0.6 is 0 Å². The topological polar surface area (TPSA) is 80.3 Å². The molecule has 0 saturated heterocycles. The number of hydrogen-bond donors (Lipinski definition) is 0. The SMILES string of the molecule is O=C([O-])[C@@H]1CC[C@H]1C(=O)[O-]. The van der Waals surface area contributed by atoms with Crippen LogP contribution in [0.1, 0.15) is 12.8 Å². The number of hydrogen-bond acceptors (Lipinski definition) is 4. The van der Waals surface area contributed by atoms with Gasteiger partial charge in [0.15, 0.2) is 0 Å². The zero-order valence-corrected chi connectivity index (χ0v) is 5.20. The smallest absolute Gasteiger partial charge is 0.0451 e. The van der Waals surface area contributed by atoms with E-state index >= 15 is 0 Å². The average molecular weight is 142 g/mol. The Hall–Kier alpha value is -1.06. The van der Waals surface area contributed by atoms with Gasteiger partial charge in [-0.3, -0.25) is 0 Å². The molecule has 4 nitrogen and oxygen atoms in total. The summed E-state index contributed by atoms with van der Waals surface area (Å²) in [5.41, 5.74) is 0. The van der Waals surface area contributed by atoms with Crippen molar-refractivity contribution < 1.29 is 19.8 Å². The standard InChI is InChI=1S/C6H8O4/c7-5(8)3-1-2-4(3)6(9)10/h3-4H,1-2H2,(H,7,8)(H,9,10)/p-2/t3-,4-/m1/s1. The van der Waals surface area contributed by atoms with E-state index in [0.29, 0.717) is 12.8 Å². The molecular formula is C6H6O4-2. The second kappa shape index (κ2) is 2.28. The Kier molecular flexibility index (Phi) is 1.61. The Bertz CT molecular complexity index is 155. The second-order valence-electron chi connectivity index (χ2n) is 2.43. The lowest BCUT2D eigenvalue weighted by molar-refractivity contribution is -0.332. The molecule has 4 heteroatoms. The number of carbonyl (C=O) groups is 2. The lowest BCUT2D eigenvalue weighted by Gasteiger charge is -2.37. The molecule has 0 aromatic heterocycles. The van der Waals surface area contributed by atoms with Gasteiger partial charge in [0.05, 0.1) is 0 Å². The maximum absolute atomic E-state index is 10.1. The minimum absolute atomic E-state index is 0.404. The third-order valence-electron chi connectivity index (χ3n) is 1.88. The molecule has 10 heavy (non-hydrogen) atoms. The number of carboxylic acids is 2. The van der Waals surface area contributed by atoms with Gasteiger partial charge < -0.3 is 19.8 Å². The third kappa shape index (κ3) is 0.964. The molecule has 1 rings (SSSR count). The van der Waals surface area contributed by atoms with E-state index in [1.165, 1.54) is 0 Å². The van der Waals surface area contributed by atoms with Crippen molar-refractivity contribution in [2.45, 2.75) is 12.8 Å². The lowest BCUT2D eigenvalue weighted by Crippen LogP contribution is -2.49. The molecular weight excluding hydrogens is 136 g/mol. The van der Waals surface area contributed by atoms with Crippen molar-refractivity contribution in [3.8, 4) is 0 Å². The van der Waals surface area contributed by atoms with Gasteiger partial charge in [-0.15, -0.1) is 0 Å². The van der Waals surface area contributed by atoms with Gasteiger partial charge in [-0.1, -0.05) is 0 Å². The number of carboxylic acid groups (broad SMARTS) is 2. The van der Waals surface area contributed by atoms with Crippen LogP contribution in [0.15, 0.2) is 0 Å². The Morgan fingerprint density at radius 2 is 1.30 bits per heavy atom. The van der Waals surface area contributed by atoms with E-state index in [1.54, 1.807) is 0 Å². The van der Waals surface area contributed by atoms with Gasteiger partial charge >= 0.3 is 0 Å². The summed E-state index contributed by atoms with van der Waals surface area (Å²) in [6, 6.07) is 0. The average Bonchev–Trinajstić information content (AvgIpc) is 1.56.